The van der Waals surface area contributed by atoms with Crippen molar-refractivity contribution in [3.8, 4) is 11.1 Å². The minimum absolute atomic E-state index is 0.0870. The van der Waals surface area contributed by atoms with Crippen LogP contribution in [-0.4, -0.2) is 5.97 Å². The number of rotatable bonds is 5. The molecule has 0 heterocycles. The van der Waals surface area contributed by atoms with E-state index in [0.717, 1.165) is 8.96 Å². The molecule has 1 fully saturated rings. The molecule has 0 saturated heterocycles. The van der Waals surface area contributed by atoms with Gasteiger partial charge in [-0.2, -0.15) is 0 Å². The van der Waals surface area contributed by atoms with Gasteiger partial charge in [0.25, 0.3) is 0 Å². The van der Waals surface area contributed by atoms with Crippen LogP contribution >= 0.6 is 43.5 Å². The van der Waals surface area contributed by atoms with Crippen LogP contribution in [0.1, 0.15) is 19.4 Å². The van der Waals surface area contributed by atoms with Crippen LogP contribution in [0.4, 0.5) is 4.39 Å². The highest BCUT2D eigenvalue weighted by molar-refractivity contribution is 9.28. The summed E-state index contributed by atoms with van der Waals surface area (Å²) >= 11 is 12.6. The lowest BCUT2D eigenvalue weighted by Crippen LogP contribution is -2.11. The van der Waals surface area contributed by atoms with Gasteiger partial charge in [-0.1, -0.05) is 61.9 Å². The Kier molecular flexibility index (Phi) is 6.14. The Morgan fingerprint density at radius 3 is 2.52 bits per heavy atom. The first-order valence-electron chi connectivity index (χ1n) is 8.44. The average Bonchev–Trinajstić information content (AvgIpc) is 3.14. The minimum atomic E-state index is -0.387. The molecule has 0 N–H and O–H groups in total. The van der Waals surface area contributed by atoms with E-state index < -0.39 is 0 Å². The first kappa shape index (κ1) is 20.6. The SMILES string of the molecule is CC1(C)C(C=C(Br)Br)C1C(=O)OCc1cccc(-c2ccc(Cl)cc2)c1F. The van der Waals surface area contributed by atoms with Crippen LogP contribution in [0.25, 0.3) is 11.1 Å². The lowest BCUT2D eigenvalue weighted by molar-refractivity contribution is -0.147. The minimum Gasteiger partial charge on any atom is -0.460 e. The Labute approximate surface area is 180 Å². The van der Waals surface area contributed by atoms with Crippen molar-refractivity contribution in [2.75, 3.05) is 0 Å². The van der Waals surface area contributed by atoms with Crippen LogP contribution in [-0.2, 0) is 16.1 Å². The molecule has 0 amide bonds. The van der Waals surface area contributed by atoms with E-state index in [9.17, 15) is 9.18 Å². The fourth-order valence-corrected chi connectivity index (χ4v) is 4.05. The van der Waals surface area contributed by atoms with Gasteiger partial charge in [0.1, 0.15) is 12.4 Å². The zero-order valence-electron chi connectivity index (χ0n) is 14.8. The van der Waals surface area contributed by atoms with Gasteiger partial charge >= 0.3 is 5.97 Å². The van der Waals surface area contributed by atoms with Crippen molar-refractivity contribution >= 4 is 49.4 Å². The third-order valence-electron chi connectivity index (χ3n) is 5.07. The standard InChI is InChI=1S/C21H18Br2ClFO2/c1-21(2)16(10-17(22)23)18(21)20(26)27-11-13-4-3-5-15(19(13)25)12-6-8-14(24)9-7-12/h3-10,16,18H,11H2,1-2H3. The van der Waals surface area contributed by atoms with E-state index in [-0.39, 0.29) is 35.6 Å². The molecule has 3 rings (SSSR count). The van der Waals surface area contributed by atoms with Gasteiger partial charge in [-0.3, -0.25) is 4.79 Å². The highest BCUT2D eigenvalue weighted by atomic mass is 79.9. The van der Waals surface area contributed by atoms with Crippen molar-refractivity contribution in [2.45, 2.75) is 20.5 Å². The summed E-state index contributed by atoms with van der Waals surface area (Å²) in [4.78, 5) is 12.5. The lowest BCUT2D eigenvalue weighted by Gasteiger charge is -2.10. The van der Waals surface area contributed by atoms with E-state index in [0.29, 0.717) is 16.1 Å². The first-order chi connectivity index (χ1) is 12.7. The number of ether oxygens (including phenoxy) is 1. The van der Waals surface area contributed by atoms with Crippen LogP contribution in [0.2, 0.25) is 5.02 Å². The molecule has 0 radical (unpaired) electrons. The zero-order chi connectivity index (χ0) is 19.8. The molecule has 0 aromatic heterocycles. The first-order valence-corrected chi connectivity index (χ1v) is 10.4. The van der Waals surface area contributed by atoms with Crippen LogP contribution in [0.5, 0.6) is 0 Å². The second-order valence-corrected chi connectivity index (χ2v) is 10.4. The van der Waals surface area contributed by atoms with Crippen LogP contribution < -0.4 is 0 Å². The predicted octanol–water partition coefficient (Wildman–Crippen LogP) is 7.09. The number of allylic oxidation sites excluding steroid dienone is 1. The molecule has 2 atom stereocenters. The number of esters is 1. The Morgan fingerprint density at radius 2 is 1.89 bits per heavy atom. The highest BCUT2D eigenvalue weighted by Gasteiger charge is 2.61. The second kappa shape index (κ2) is 8.06. The van der Waals surface area contributed by atoms with Gasteiger partial charge in [0.05, 0.1) is 9.31 Å². The van der Waals surface area contributed by atoms with Crippen molar-refractivity contribution in [1.29, 1.82) is 0 Å². The Hall–Kier alpha value is -1.17. The third-order valence-corrected chi connectivity index (χ3v) is 5.85. The van der Waals surface area contributed by atoms with Crippen LogP contribution in [0, 0.1) is 23.1 Å². The Balaban J connectivity index is 1.72. The normalized spacial score (nSPS) is 20.1. The van der Waals surface area contributed by atoms with Crippen LogP contribution in [0.15, 0.2) is 51.9 Å². The molecule has 142 valence electrons. The monoisotopic (exact) mass is 514 g/mol. The molecule has 2 aromatic carbocycles. The van der Waals surface area contributed by atoms with E-state index in [1.165, 1.54) is 0 Å². The van der Waals surface area contributed by atoms with Crippen molar-refractivity contribution in [1.82, 2.24) is 0 Å². The number of halogens is 4. The molecule has 27 heavy (non-hydrogen) atoms. The van der Waals surface area contributed by atoms with Crippen molar-refractivity contribution in [3.63, 3.8) is 0 Å². The lowest BCUT2D eigenvalue weighted by atomic mass is 10.0. The number of carbonyl (C=O) groups is 1. The molecule has 1 aliphatic rings. The largest absolute Gasteiger partial charge is 0.460 e. The molecule has 0 aliphatic heterocycles. The number of carbonyl (C=O) groups excluding carboxylic acids is 1. The Bertz CT molecular complexity index is 890. The molecule has 1 aliphatic carbocycles. The molecule has 0 bridgehead atoms. The Morgan fingerprint density at radius 1 is 1.22 bits per heavy atom. The summed E-state index contributed by atoms with van der Waals surface area (Å²) in [6.07, 6.45) is 1.95. The quantitative estimate of drug-likeness (QED) is 0.397. The van der Waals surface area contributed by atoms with E-state index in [1.54, 1.807) is 42.5 Å². The summed E-state index contributed by atoms with van der Waals surface area (Å²) in [5.41, 5.74) is 1.35. The molecule has 6 heteroatoms. The van der Waals surface area contributed by atoms with Crippen molar-refractivity contribution in [3.05, 3.63) is 68.3 Å². The van der Waals surface area contributed by atoms with Crippen molar-refractivity contribution in [2.24, 2.45) is 17.3 Å². The highest BCUT2D eigenvalue weighted by Crippen LogP contribution is 2.60. The summed E-state index contributed by atoms with van der Waals surface area (Å²) in [6.45, 7) is 3.94. The van der Waals surface area contributed by atoms with Crippen molar-refractivity contribution < 1.29 is 13.9 Å². The average molecular weight is 517 g/mol. The number of hydrogen-bond donors (Lipinski definition) is 0. The summed E-state index contributed by atoms with van der Waals surface area (Å²) in [7, 11) is 0. The molecule has 2 nitrogen and oxygen atoms in total. The predicted molar refractivity (Wildman–Crippen MR) is 113 cm³/mol. The molecular weight excluding hydrogens is 498 g/mol. The van der Waals surface area contributed by atoms with E-state index in [2.05, 4.69) is 31.9 Å². The van der Waals surface area contributed by atoms with Gasteiger partial charge in [-0.05, 0) is 60.9 Å². The maximum Gasteiger partial charge on any atom is 0.310 e. The van der Waals surface area contributed by atoms with Gasteiger partial charge in [0.2, 0.25) is 0 Å². The van der Waals surface area contributed by atoms with Crippen LogP contribution in [0.3, 0.4) is 0 Å². The van der Waals surface area contributed by atoms with Gasteiger partial charge in [-0.15, -0.1) is 0 Å². The summed E-state index contributed by atoms with van der Waals surface area (Å²) in [5, 5.41) is 0.593. The third kappa shape index (κ3) is 4.47. The number of hydrogen-bond acceptors (Lipinski definition) is 2. The van der Waals surface area contributed by atoms with E-state index in [4.69, 9.17) is 16.3 Å². The number of benzene rings is 2. The van der Waals surface area contributed by atoms with Gasteiger partial charge in [-0.25, -0.2) is 4.39 Å². The maximum absolute atomic E-state index is 14.9. The van der Waals surface area contributed by atoms with Gasteiger partial charge in [0.15, 0.2) is 0 Å². The zero-order valence-corrected chi connectivity index (χ0v) is 18.7. The topological polar surface area (TPSA) is 26.3 Å². The summed E-state index contributed by atoms with van der Waals surface area (Å²) < 4.78 is 21.1. The second-order valence-electron chi connectivity index (χ2n) is 7.17. The molecule has 2 aromatic rings. The van der Waals surface area contributed by atoms with E-state index in [1.807, 2.05) is 19.9 Å². The molecular formula is C21H18Br2ClFO2. The van der Waals surface area contributed by atoms with E-state index >= 15 is 0 Å². The van der Waals surface area contributed by atoms with Gasteiger partial charge < -0.3 is 4.74 Å². The molecule has 0 spiro atoms. The molecule has 2 unspecified atom stereocenters. The summed E-state index contributed by atoms with van der Waals surface area (Å²) in [5.74, 6) is -0.838. The fourth-order valence-electron chi connectivity index (χ4n) is 3.36. The molecule has 1 saturated carbocycles. The maximum atomic E-state index is 14.9. The van der Waals surface area contributed by atoms with Gasteiger partial charge in [0, 0.05) is 16.1 Å². The summed E-state index contributed by atoms with van der Waals surface area (Å²) in [6, 6.07) is 12.0. The fraction of sp³-hybridized carbons (Fsp3) is 0.286. The smallest absolute Gasteiger partial charge is 0.310 e.